The van der Waals surface area contributed by atoms with Gasteiger partial charge in [-0.15, -0.1) is 11.3 Å². The first-order valence-corrected chi connectivity index (χ1v) is 7.24. The van der Waals surface area contributed by atoms with Gasteiger partial charge in [0.05, 0.1) is 0 Å². The average Bonchev–Trinajstić information content (AvgIpc) is 2.82. The van der Waals surface area contributed by atoms with Crippen molar-refractivity contribution in [2.45, 2.75) is 13.8 Å². The van der Waals surface area contributed by atoms with Crippen LogP contribution in [0.15, 0.2) is 35.7 Å². The van der Waals surface area contributed by atoms with E-state index in [0.717, 1.165) is 16.8 Å². The van der Waals surface area contributed by atoms with Gasteiger partial charge < -0.3 is 10.1 Å². The SMILES string of the molecule is CC(=O)Nc1cccc(/C=C\c2ccsc2OC(C)=O)c1. The molecule has 0 radical (unpaired) electrons. The van der Waals surface area contributed by atoms with Crippen LogP contribution in [0.3, 0.4) is 0 Å². The number of carbonyl (C=O) groups is 2. The minimum atomic E-state index is -0.334. The van der Waals surface area contributed by atoms with Crippen molar-refractivity contribution in [1.82, 2.24) is 0 Å². The number of hydrogen-bond donors (Lipinski definition) is 1. The molecule has 0 aliphatic carbocycles. The van der Waals surface area contributed by atoms with Crippen molar-refractivity contribution in [3.63, 3.8) is 0 Å². The molecule has 1 N–H and O–H groups in total. The molecule has 5 heteroatoms. The van der Waals surface area contributed by atoms with E-state index in [1.165, 1.54) is 25.2 Å². The van der Waals surface area contributed by atoms with Gasteiger partial charge in [0.1, 0.15) is 0 Å². The van der Waals surface area contributed by atoms with Crippen LogP contribution in [0.5, 0.6) is 5.06 Å². The summed E-state index contributed by atoms with van der Waals surface area (Å²) in [5, 5.41) is 5.18. The van der Waals surface area contributed by atoms with E-state index in [9.17, 15) is 9.59 Å². The predicted octanol–water partition coefficient (Wildman–Crippen LogP) is 3.80. The van der Waals surface area contributed by atoms with E-state index in [0.29, 0.717) is 5.06 Å². The van der Waals surface area contributed by atoms with Gasteiger partial charge in [-0.1, -0.05) is 18.2 Å². The summed E-state index contributed by atoms with van der Waals surface area (Å²) in [6.07, 6.45) is 3.78. The molecule has 1 amide bonds. The summed E-state index contributed by atoms with van der Waals surface area (Å²) in [4.78, 5) is 22.0. The second-order valence-electron chi connectivity index (χ2n) is 4.40. The topological polar surface area (TPSA) is 55.4 Å². The number of ether oxygens (including phenoxy) is 1. The molecule has 0 bridgehead atoms. The quantitative estimate of drug-likeness (QED) is 0.874. The van der Waals surface area contributed by atoms with Crippen LogP contribution in [-0.2, 0) is 9.59 Å². The van der Waals surface area contributed by atoms with Gasteiger partial charge in [0.15, 0.2) is 5.06 Å². The highest BCUT2D eigenvalue weighted by Crippen LogP contribution is 2.28. The summed E-state index contributed by atoms with van der Waals surface area (Å²) in [6.45, 7) is 2.85. The average molecular weight is 301 g/mol. The van der Waals surface area contributed by atoms with Crippen molar-refractivity contribution in [2.75, 3.05) is 5.32 Å². The Kier molecular flexibility index (Phi) is 4.90. The van der Waals surface area contributed by atoms with Crippen LogP contribution in [0.4, 0.5) is 5.69 Å². The molecule has 0 fully saturated rings. The first kappa shape index (κ1) is 15.0. The zero-order chi connectivity index (χ0) is 15.2. The summed E-state index contributed by atoms with van der Waals surface area (Å²) in [5.41, 5.74) is 2.54. The summed E-state index contributed by atoms with van der Waals surface area (Å²) < 4.78 is 5.12. The molecule has 1 aromatic heterocycles. The van der Waals surface area contributed by atoms with Crippen molar-refractivity contribution < 1.29 is 14.3 Å². The van der Waals surface area contributed by atoms with Gasteiger partial charge in [0.2, 0.25) is 5.91 Å². The van der Waals surface area contributed by atoms with Crippen molar-refractivity contribution >= 4 is 41.1 Å². The van der Waals surface area contributed by atoms with E-state index in [-0.39, 0.29) is 11.9 Å². The third-order valence-electron chi connectivity index (χ3n) is 2.56. The van der Waals surface area contributed by atoms with Gasteiger partial charge in [-0.25, -0.2) is 0 Å². The molecule has 0 atom stereocenters. The molecular formula is C16H15NO3S. The number of amides is 1. The molecule has 2 aromatic rings. The van der Waals surface area contributed by atoms with Gasteiger partial charge >= 0.3 is 5.97 Å². The molecule has 0 unspecified atom stereocenters. The molecular weight excluding hydrogens is 286 g/mol. The minimum absolute atomic E-state index is 0.105. The van der Waals surface area contributed by atoms with Gasteiger partial charge in [-0.2, -0.15) is 0 Å². The van der Waals surface area contributed by atoms with Gasteiger partial charge in [-0.3, -0.25) is 9.59 Å². The number of thiophene rings is 1. The van der Waals surface area contributed by atoms with Gasteiger partial charge in [0.25, 0.3) is 0 Å². The lowest BCUT2D eigenvalue weighted by Crippen LogP contribution is -2.05. The Morgan fingerprint density at radius 1 is 1.19 bits per heavy atom. The maximum atomic E-state index is 11.0. The molecule has 21 heavy (non-hydrogen) atoms. The van der Waals surface area contributed by atoms with Gasteiger partial charge in [-0.05, 0) is 35.2 Å². The Balaban J connectivity index is 2.16. The Morgan fingerprint density at radius 3 is 2.71 bits per heavy atom. The third kappa shape index (κ3) is 4.57. The van der Waals surface area contributed by atoms with Crippen molar-refractivity contribution in [2.24, 2.45) is 0 Å². The summed E-state index contributed by atoms with van der Waals surface area (Å²) in [5.74, 6) is -0.439. The summed E-state index contributed by atoms with van der Waals surface area (Å²) in [7, 11) is 0. The fourth-order valence-electron chi connectivity index (χ4n) is 1.75. The lowest BCUT2D eigenvalue weighted by atomic mass is 10.1. The van der Waals surface area contributed by atoms with Crippen LogP contribution in [0.1, 0.15) is 25.0 Å². The van der Waals surface area contributed by atoms with E-state index in [1.807, 2.05) is 47.9 Å². The smallest absolute Gasteiger partial charge is 0.308 e. The lowest BCUT2D eigenvalue weighted by Gasteiger charge is -2.03. The highest BCUT2D eigenvalue weighted by molar-refractivity contribution is 7.12. The third-order valence-corrected chi connectivity index (χ3v) is 3.36. The largest absolute Gasteiger partial charge is 0.415 e. The monoisotopic (exact) mass is 301 g/mol. The number of carbonyl (C=O) groups excluding carboxylic acids is 2. The molecule has 0 aliphatic rings. The fraction of sp³-hybridized carbons (Fsp3) is 0.125. The first-order chi connectivity index (χ1) is 10.0. The maximum Gasteiger partial charge on any atom is 0.308 e. The van der Waals surface area contributed by atoms with E-state index in [2.05, 4.69) is 5.32 Å². The highest BCUT2D eigenvalue weighted by atomic mass is 32.1. The highest BCUT2D eigenvalue weighted by Gasteiger charge is 2.05. The lowest BCUT2D eigenvalue weighted by molar-refractivity contribution is -0.131. The minimum Gasteiger partial charge on any atom is -0.415 e. The zero-order valence-corrected chi connectivity index (χ0v) is 12.6. The van der Waals surface area contributed by atoms with E-state index in [4.69, 9.17) is 4.74 Å². The molecule has 4 nitrogen and oxygen atoms in total. The second kappa shape index (κ2) is 6.85. The molecule has 1 heterocycles. The Labute approximate surface area is 127 Å². The number of benzene rings is 1. The number of esters is 1. The van der Waals surface area contributed by atoms with Crippen molar-refractivity contribution in [3.8, 4) is 5.06 Å². The number of nitrogens with one attached hydrogen (secondary N) is 1. The van der Waals surface area contributed by atoms with Gasteiger partial charge in [0, 0.05) is 25.1 Å². The molecule has 0 aliphatic heterocycles. The molecule has 0 saturated heterocycles. The summed E-state index contributed by atoms with van der Waals surface area (Å²) >= 11 is 1.37. The molecule has 108 valence electrons. The number of hydrogen-bond acceptors (Lipinski definition) is 4. The molecule has 2 rings (SSSR count). The van der Waals surface area contributed by atoms with Crippen LogP contribution < -0.4 is 10.1 Å². The van der Waals surface area contributed by atoms with Crippen LogP contribution in [-0.4, -0.2) is 11.9 Å². The Bertz CT molecular complexity index is 688. The van der Waals surface area contributed by atoms with Crippen LogP contribution in [0.2, 0.25) is 0 Å². The fourth-order valence-corrected chi connectivity index (χ4v) is 2.53. The van der Waals surface area contributed by atoms with Crippen molar-refractivity contribution in [3.05, 3.63) is 46.8 Å². The second-order valence-corrected chi connectivity index (χ2v) is 5.28. The predicted molar refractivity (Wildman–Crippen MR) is 85.3 cm³/mol. The van der Waals surface area contributed by atoms with E-state index >= 15 is 0 Å². The number of rotatable bonds is 4. The number of anilines is 1. The first-order valence-electron chi connectivity index (χ1n) is 6.36. The van der Waals surface area contributed by atoms with Crippen LogP contribution in [0.25, 0.3) is 12.2 Å². The van der Waals surface area contributed by atoms with E-state index in [1.54, 1.807) is 0 Å². The van der Waals surface area contributed by atoms with Crippen LogP contribution in [0, 0.1) is 0 Å². The normalized spacial score (nSPS) is 10.6. The van der Waals surface area contributed by atoms with E-state index < -0.39 is 0 Å². The molecule has 0 saturated carbocycles. The Morgan fingerprint density at radius 2 is 2.00 bits per heavy atom. The summed E-state index contributed by atoms with van der Waals surface area (Å²) in [6, 6.07) is 9.38. The molecule has 1 aromatic carbocycles. The zero-order valence-electron chi connectivity index (χ0n) is 11.8. The van der Waals surface area contributed by atoms with Crippen LogP contribution >= 0.6 is 11.3 Å². The van der Waals surface area contributed by atoms with Crippen molar-refractivity contribution in [1.29, 1.82) is 0 Å². The standard InChI is InChI=1S/C16H15NO3S/c1-11(18)17-15-5-3-4-13(10-15)6-7-14-8-9-21-16(14)20-12(2)19/h3-10H,1-2H3,(H,17,18)/b7-6-. The molecule has 0 spiro atoms. The Hall–Kier alpha value is -2.40. The maximum absolute atomic E-state index is 11.0.